The predicted octanol–water partition coefficient (Wildman–Crippen LogP) is 1.88. The van der Waals surface area contributed by atoms with E-state index in [2.05, 4.69) is 11.6 Å². The van der Waals surface area contributed by atoms with Crippen LogP contribution in [-0.2, 0) is 0 Å². The second-order valence-corrected chi connectivity index (χ2v) is 4.22. The molecule has 0 aliphatic heterocycles. The van der Waals surface area contributed by atoms with Gasteiger partial charge in [0.2, 0.25) is 0 Å². The number of aliphatic hydroxyl groups is 1. The summed E-state index contributed by atoms with van der Waals surface area (Å²) in [4.78, 5) is 0. The van der Waals surface area contributed by atoms with E-state index in [0.29, 0.717) is 6.61 Å². The lowest BCUT2D eigenvalue weighted by Gasteiger charge is -2.02. The third kappa shape index (κ3) is 12.3. The summed E-state index contributed by atoms with van der Waals surface area (Å²) in [5, 5.41) is 11.8. The van der Waals surface area contributed by atoms with Crippen LogP contribution in [0.5, 0.6) is 0 Å². The molecule has 0 aliphatic rings. The van der Waals surface area contributed by atoms with Crippen molar-refractivity contribution >= 4 is 11.8 Å². The summed E-state index contributed by atoms with van der Waals surface area (Å²) in [6.45, 7) is 2.38. The predicted molar refractivity (Wildman–Crippen MR) is 61.4 cm³/mol. The van der Waals surface area contributed by atoms with Crippen molar-refractivity contribution in [1.29, 1.82) is 0 Å². The number of nitrogens with one attached hydrogen (secondary N) is 1. The van der Waals surface area contributed by atoms with Gasteiger partial charge >= 0.3 is 0 Å². The molecule has 0 saturated heterocycles. The second kappa shape index (κ2) is 12.3. The molecule has 13 heavy (non-hydrogen) atoms. The van der Waals surface area contributed by atoms with Crippen molar-refractivity contribution in [3.8, 4) is 0 Å². The van der Waals surface area contributed by atoms with Crippen LogP contribution in [0.15, 0.2) is 0 Å². The van der Waals surface area contributed by atoms with Crippen molar-refractivity contribution < 1.29 is 5.11 Å². The van der Waals surface area contributed by atoms with E-state index < -0.39 is 0 Å². The zero-order chi connectivity index (χ0) is 9.78. The zero-order valence-corrected chi connectivity index (χ0v) is 9.54. The molecule has 2 N–H and O–H groups in total. The second-order valence-electron chi connectivity index (χ2n) is 3.23. The van der Waals surface area contributed by atoms with Crippen molar-refractivity contribution in [3.05, 3.63) is 0 Å². The van der Waals surface area contributed by atoms with Crippen LogP contribution in [-0.4, -0.2) is 36.8 Å². The van der Waals surface area contributed by atoms with Gasteiger partial charge in [0.05, 0.1) is 0 Å². The van der Waals surface area contributed by atoms with Gasteiger partial charge in [-0.15, -0.1) is 0 Å². The lowest BCUT2D eigenvalue weighted by Crippen LogP contribution is -2.17. The summed E-state index contributed by atoms with van der Waals surface area (Å²) < 4.78 is 0. The first-order valence-corrected chi connectivity index (χ1v) is 6.61. The van der Waals surface area contributed by atoms with Gasteiger partial charge in [-0.2, -0.15) is 11.8 Å². The summed E-state index contributed by atoms with van der Waals surface area (Å²) in [6.07, 6.45) is 8.38. The van der Waals surface area contributed by atoms with E-state index in [-0.39, 0.29) is 0 Å². The Morgan fingerprint density at radius 3 is 2.38 bits per heavy atom. The first-order valence-electron chi connectivity index (χ1n) is 5.22. The maximum atomic E-state index is 8.52. The summed E-state index contributed by atoms with van der Waals surface area (Å²) in [5.74, 6) is 1.30. The van der Waals surface area contributed by atoms with Crippen molar-refractivity contribution in [3.63, 3.8) is 0 Å². The molecule has 0 aliphatic carbocycles. The van der Waals surface area contributed by atoms with Crippen LogP contribution in [0.2, 0.25) is 0 Å². The van der Waals surface area contributed by atoms with E-state index in [1.54, 1.807) is 0 Å². The first-order chi connectivity index (χ1) is 6.41. The highest BCUT2D eigenvalue weighted by Crippen LogP contribution is 2.03. The molecule has 3 heteroatoms. The molecule has 0 heterocycles. The molecular weight excluding hydrogens is 182 g/mol. The van der Waals surface area contributed by atoms with Crippen LogP contribution in [0, 0.1) is 0 Å². The average Bonchev–Trinajstić information content (AvgIpc) is 2.16. The van der Waals surface area contributed by atoms with E-state index >= 15 is 0 Å². The topological polar surface area (TPSA) is 32.3 Å². The smallest absolute Gasteiger partial charge is 0.0443 e. The van der Waals surface area contributed by atoms with E-state index in [4.69, 9.17) is 5.11 Å². The molecule has 0 aromatic heterocycles. The molecule has 80 valence electrons. The fraction of sp³-hybridized carbons (Fsp3) is 1.00. The monoisotopic (exact) mass is 205 g/mol. The zero-order valence-electron chi connectivity index (χ0n) is 8.72. The molecule has 0 aromatic carbocycles. The summed E-state index contributed by atoms with van der Waals surface area (Å²) >= 11 is 1.93. The fourth-order valence-electron chi connectivity index (χ4n) is 1.18. The largest absolute Gasteiger partial charge is 0.396 e. The molecule has 0 radical (unpaired) electrons. The molecule has 0 spiro atoms. The van der Waals surface area contributed by atoms with Crippen LogP contribution in [0.4, 0.5) is 0 Å². The molecule has 0 aromatic rings. The minimum Gasteiger partial charge on any atom is -0.396 e. The molecule has 2 nitrogen and oxygen atoms in total. The molecule has 0 atom stereocenters. The fourth-order valence-corrected chi connectivity index (χ4v) is 1.67. The van der Waals surface area contributed by atoms with Gasteiger partial charge in [0.15, 0.2) is 0 Å². The highest BCUT2D eigenvalue weighted by Gasteiger charge is 1.90. The highest BCUT2D eigenvalue weighted by atomic mass is 32.2. The van der Waals surface area contributed by atoms with Gasteiger partial charge in [-0.05, 0) is 44.4 Å². The van der Waals surface area contributed by atoms with Crippen molar-refractivity contribution in [1.82, 2.24) is 5.32 Å². The molecular formula is C10H23NOS. The molecule has 0 bridgehead atoms. The van der Waals surface area contributed by atoms with Crippen molar-refractivity contribution in [2.45, 2.75) is 32.1 Å². The highest BCUT2D eigenvalue weighted by molar-refractivity contribution is 7.98. The minimum absolute atomic E-state index is 0.306. The number of thioether (sulfide) groups is 1. The number of unbranched alkanes of at least 4 members (excludes halogenated alkanes) is 3. The van der Waals surface area contributed by atoms with Gasteiger partial charge in [0.25, 0.3) is 0 Å². The van der Waals surface area contributed by atoms with Crippen LogP contribution in [0.1, 0.15) is 32.1 Å². The van der Waals surface area contributed by atoms with Gasteiger partial charge in [0.1, 0.15) is 0 Å². The Labute approximate surface area is 86.5 Å². The number of rotatable bonds is 10. The van der Waals surface area contributed by atoms with E-state index in [1.165, 1.54) is 31.4 Å². The third-order valence-corrected chi connectivity index (χ3v) is 2.66. The van der Waals surface area contributed by atoms with Crippen LogP contribution in [0.25, 0.3) is 0 Å². The quantitative estimate of drug-likeness (QED) is 0.534. The third-order valence-electron chi connectivity index (χ3n) is 1.96. The lowest BCUT2D eigenvalue weighted by molar-refractivity contribution is 0.286. The molecule has 0 saturated carbocycles. The van der Waals surface area contributed by atoms with E-state index in [9.17, 15) is 0 Å². The molecule has 0 rings (SSSR count). The number of aliphatic hydroxyl groups excluding tert-OH is 1. The number of hydrogen-bond donors (Lipinski definition) is 2. The van der Waals surface area contributed by atoms with Gasteiger partial charge < -0.3 is 10.4 Å². The maximum absolute atomic E-state index is 8.52. The van der Waals surface area contributed by atoms with Gasteiger partial charge in [-0.25, -0.2) is 0 Å². The molecule has 0 amide bonds. The van der Waals surface area contributed by atoms with Crippen LogP contribution >= 0.6 is 11.8 Å². The Morgan fingerprint density at radius 1 is 1.00 bits per heavy atom. The Hall–Kier alpha value is 0.270. The Bertz CT molecular complexity index is 81.0. The summed E-state index contributed by atoms with van der Waals surface area (Å²) in [6, 6.07) is 0. The maximum Gasteiger partial charge on any atom is 0.0443 e. The minimum atomic E-state index is 0.306. The molecule has 0 unspecified atom stereocenters. The van der Waals surface area contributed by atoms with Crippen molar-refractivity contribution in [2.75, 3.05) is 31.7 Å². The standard InChI is InChI=1S/C10H23NOS/c1-13-10-5-3-2-4-7-11-8-6-9-12/h11-12H,2-10H2,1H3. The van der Waals surface area contributed by atoms with Crippen LogP contribution < -0.4 is 5.32 Å². The Morgan fingerprint density at radius 2 is 1.69 bits per heavy atom. The first kappa shape index (κ1) is 13.3. The van der Waals surface area contributed by atoms with Gasteiger partial charge in [-0.1, -0.05) is 12.8 Å². The SMILES string of the molecule is CSCCCCCCNCCCO. The normalized spacial score (nSPS) is 10.6. The van der Waals surface area contributed by atoms with Gasteiger partial charge in [-0.3, -0.25) is 0 Å². The van der Waals surface area contributed by atoms with Crippen molar-refractivity contribution in [2.24, 2.45) is 0 Å². The van der Waals surface area contributed by atoms with Gasteiger partial charge in [0, 0.05) is 6.61 Å². The van der Waals surface area contributed by atoms with E-state index in [0.717, 1.165) is 19.5 Å². The average molecular weight is 205 g/mol. The van der Waals surface area contributed by atoms with Crippen LogP contribution in [0.3, 0.4) is 0 Å². The molecule has 0 fully saturated rings. The number of hydrogen-bond acceptors (Lipinski definition) is 3. The van der Waals surface area contributed by atoms with E-state index in [1.807, 2.05) is 11.8 Å². The lowest BCUT2D eigenvalue weighted by atomic mass is 10.2. The Kier molecular flexibility index (Phi) is 12.5. The summed E-state index contributed by atoms with van der Waals surface area (Å²) in [7, 11) is 0. The summed E-state index contributed by atoms with van der Waals surface area (Å²) in [5.41, 5.74) is 0. The Balaban J connectivity index is 2.76.